The van der Waals surface area contributed by atoms with Crippen LogP contribution in [0.5, 0.6) is 0 Å². The fraction of sp³-hybridized carbons (Fsp3) is 0.312. The molecular weight excluding hydrogens is 325 g/mol. The van der Waals surface area contributed by atoms with Crippen LogP contribution in [0.4, 0.5) is 0 Å². The smallest absolute Gasteiger partial charge is 0.252 e. The Balaban J connectivity index is 1.92. The zero-order valence-corrected chi connectivity index (χ0v) is 13.8. The highest BCUT2D eigenvalue weighted by Crippen LogP contribution is 2.24. The van der Waals surface area contributed by atoms with Gasteiger partial charge in [0.25, 0.3) is 5.91 Å². The first kappa shape index (κ1) is 16.9. The Kier molecular flexibility index (Phi) is 5.51. The van der Waals surface area contributed by atoms with E-state index in [9.17, 15) is 9.90 Å². The van der Waals surface area contributed by atoms with Gasteiger partial charge in [-0.15, -0.1) is 0 Å². The maximum atomic E-state index is 12.1. The van der Waals surface area contributed by atoms with Gasteiger partial charge in [0, 0.05) is 17.1 Å². The molecule has 0 aliphatic heterocycles. The van der Waals surface area contributed by atoms with E-state index in [2.05, 4.69) is 5.32 Å². The van der Waals surface area contributed by atoms with Crippen molar-refractivity contribution in [1.82, 2.24) is 5.32 Å². The number of amides is 1. The topological polar surface area (TPSA) is 62.5 Å². The van der Waals surface area contributed by atoms with Gasteiger partial charge >= 0.3 is 0 Å². The summed E-state index contributed by atoms with van der Waals surface area (Å²) in [6.07, 6.45) is -0.309. The zero-order valence-electron chi connectivity index (χ0n) is 12.3. The molecule has 22 heavy (non-hydrogen) atoms. The molecule has 1 aromatic heterocycles. The Bertz CT molecular complexity index is 682. The molecule has 2 rings (SSSR count). The molecule has 0 aliphatic rings. The van der Waals surface area contributed by atoms with Crippen LogP contribution in [0.15, 0.2) is 28.7 Å². The standard InChI is InChI=1S/C16H17Cl2NO3/c1-9-7-12(10(2)22-9)15(20)5-6-19-16(21)13-8-11(17)3-4-14(13)18/h3-4,7-8,15,20H,5-6H2,1-2H3,(H,19,21). The molecule has 2 aromatic rings. The first-order chi connectivity index (χ1) is 10.4. The van der Waals surface area contributed by atoms with Crippen LogP contribution in [0.25, 0.3) is 0 Å². The predicted octanol–water partition coefficient (Wildman–Crippen LogP) is 4.06. The second-order valence-corrected chi connectivity index (χ2v) is 5.90. The van der Waals surface area contributed by atoms with Gasteiger partial charge in [0.1, 0.15) is 11.5 Å². The van der Waals surface area contributed by atoms with E-state index in [-0.39, 0.29) is 5.91 Å². The third kappa shape index (κ3) is 4.03. The first-order valence-corrected chi connectivity index (χ1v) is 7.62. The van der Waals surface area contributed by atoms with Crippen molar-refractivity contribution >= 4 is 29.1 Å². The Morgan fingerprint density at radius 1 is 1.32 bits per heavy atom. The molecule has 1 unspecified atom stereocenters. The number of aliphatic hydroxyl groups is 1. The molecule has 0 saturated heterocycles. The minimum atomic E-state index is -0.687. The van der Waals surface area contributed by atoms with Crippen LogP contribution in [-0.2, 0) is 0 Å². The maximum Gasteiger partial charge on any atom is 0.252 e. The van der Waals surface area contributed by atoms with Gasteiger partial charge in [-0.05, 0) is 44.5 Å². The monoisotopic (exact) mass is 341 g/mol. The normalized spacial score (nSPS) is 12.2. The van der Waals surface area contributed by atoms with Crippen LogP contribution >= 0.6 is 23.2 Å². The molecule has 2 N–H and O–H groups in total. The average molecular weight is 342 g/mol. The molecule has 6 heteroatoms. The van der Waals surface area contributed by atoms with Gasteiger partial charge < -0.3 is 14.8 Å². The number of halogens is 2. The quantitative estimate of drug-likeness (QED) is 0.861. The molecule has 0 spiro atoms. The molecule has 1 aromatic carbocycles. The second-order valence-electron chi connectivity index (χ2n) is 5.05. The zero-order chi connectivity index (χ0) is 16.3. The summed E-state index contributed by atoms with van der Waals surface area (Å²) >= 11 is 11.8. The van der Waals surface area contributed by atoms with Gasteiger partial charge in [0.15, 0.2) is 0 Å². The third-order valence-corrected chi connectivity index (χ3v) is 3.88. The van der Waals surface area contributed by atoms with E-state index in [1.165, 1.54) is 6.07 Å². The molecule has 0 bridgehead atoms. The number of aliphatic hydroxyl groups excluding tert-OH is 1. The fourth-order valence-electron chi connectivity index (χ4n) is 2.23. The number of carbonyl (C=O) groups excluding carboxylic acids is 1. The van der Waals surface area contributed by atoms with Crippen LogP contribution in [0.2, 0.25) is 10.0 Å². The van der Waals surface area contributed by atoms with Crippen molar-refractivity contribution in [3.63, 3.8) is 0 Å². The van der Waals surface area contributed by atoms with Crippen molar-refractivity contribution in [2.24, 2.45) is 0 Å². The van der Waals surface area contributed by atoms with Crippen LogP contribution in [-0.4, -0.2) is 17.6 Å². The number of carbonyl (C=O) groups is 1. The van der Waals surface area contributed by atoms with Crippen LogP contribution in [0, 0.1) is 13.8 Å². The van der Waals surface area contributed by atoms with E-state index in [1.54, 1.807) is 25.1 Å². The van der Waals surface area contributed by atoms with Gasteiger partial charge in [-0.25, -0.2) is 0 Å². The van der Waals surface area contributed by atoms with E-state index in [4.69, 9.17) is 27.6 Å². The van der Waals surface area contributed by atoms with Gasteiger partial charge in [-0.3, -0.25) is 4.79 Å². The summed E-state index contributed by atoms with van der Waals surface area (Å²) in [6, 6.07) is 6.51. The van der Waals surface area contributed by atoms with E-state index in [0.29, 0.717) is 34.3 Å². The molecule has 0 radical (unpaired) electrons. The fourth-order valence-corrected chi connectivity index (χ4v) is 2.60. The number of aryl methyl sites for hydroxylation is 2. The summed E-state index contributed by atoms with van der Waals surface area (Å²) in [5.41, 5.74) is 1.06. The van der Waals surface area contributed by atoms with E-state index in [1.807, 2.05) is 6.92 Å². The largest absolute Gasteiger partial charge is 0.466 e. The Morgan fingerprint density at radius 2 is 2.05 bits per heavy atom. The predicted molar refractivity (Wildman–Crippen MR) is 86.6 cm³/mol. The summed E-state index contributed by atoms with van der Waals surface area (Å²) in [7, 11) is 0. The van der Waals surface area contributed by atoms with Gasteiger partial charge in [-0.2, -0.15) is 0 Å². The number of hydrogen-bond acceptors (Lipinski definition) is 3. The highest BCUT2D eigenvalue weighted by Gasteiger charge is 2.15. The lowest BCUT2D eigenvalue weighted by Crippen LogP contribution is -2.26. The van der Waals surface area contributed by atoms with E-state index >= 15 is 0 Å². The van der Waals surface area contributed by atoms with E-state index in [0.717, 1.165) is 11.3 Å². The highest BCUT2D eigenvalue weighted by atomic mass is 35.5. The number of rotatable bonds is 5. The van der Waals surface area contributed by atoms with Gasteiger partial charge in [-0.1, -0.05) is 23.2 Å². The molecule has 118 valence electrons. The number of benzene rings is 1. The third-order valence-electron chi connectivity index (χ3n) is 3.31. The van der Waals surface area contributed by atoms with Crippen molar-refractivity contribution in [3.8, 4) is 0 Å². The number of nitrogens with one attached hydrogen (secondary N) is 1. The van der Waals surface area contributed by atoms with Crippen molar-refractivity contribution in [3.05, 3.63) is 57.0 Å². The van der Waals surface area contributed by atoms with Crippen molar-refractivity contribution in [1.29, 1.82) is 0 Å². The van der Waals surface area contributed by atoms with Gasteiger partial charge in [0.2, 0.25) is 0 Å². The molecule has 1 heterocycles. The second kappa shape index (κ2) is 7.18. The molecule has 0 saturated carbocycles. The molecule has 4 nitrogen and oxygen atoms in total. The lowest BCUT2D eigenvalue weighted by molar-refractivity contribution is 0.0942. The SMILES string of the molecule is Cc1cc(C(O)CCNC(=O)c2cc(Cl)ccc2Cl)c(C)o1. The number of furan rings is 1. The highest BCUT2D eigenvalue weighted by molar-refractivity contribution is 6.35. The molecular formula is C16H17Cl2NO3. The van der Waals surface area contributed by atoms with Crippen LogP contribution in [0.1, 0.15) is 40.0 Å². The first-order valence-electron chi connectivity index (χ1n) is 6.86. The summed E-state index contributed by atoms with van der Waals surface area (Å²) in [5, 5.41) is 13.6. The molecule has 1 atom stereocenters. The van der Waals surface area contributed by atoms with Crippen molar-refractivity contribution < 1.29 is 14.3 Å². The maximum absolute atomic E-state index is 12.1. The number of hydrogen-bond donors (Lipinski definition) is 2. The molecule has 1 amide bonds. The summed E-state index contributed by atoms with van der Waals surface area (Å²) < 4.78 is 5.38. The van der Waals surface area contributed by atoms with Crippen LogP contribution < -0.4 is 5.32 Å². The minimum Gasteiger partial charge on any atom is -0.466 e. The Morgan fingerprint density at radius 3 is 2.68 bits per heavy atom. The summed E-state index contributed by atoms with van der Waals surface area (Å²) in [4.78, 5) is 12.1. The summed E-state index contributed by atoms with van der Waals surface area (Å²) in [5.74, 6) is 1.12. The lowest BCUT2D eigenvalue weighted by atomic mass is 10.1. The van der Waals surface area contributed by atoms with Crippen molar-refractivity contribution in [2.45, 2.75) is 26.4 Å². The van der Waals surface area contributed by atoms with E-state index < -0.39 is 6.10 Å². The lowest BCUT2D eigenvalue weighted by Gasteiger charge is -2.11. The molecule has 0 fully saturated rings. The average Bonchev–Trinajstić information content (AvgIpc) is 2.80. The molecule has 0 aliphatic carbocycles. The minimum absolute atomic E-state index is 0.312. The van der Waals surface area contributed by atoms with Crippen molar-refractivity contribution in [2.75, 3.05) is 6.54 Å². The Labute approximate surface area is 139 Å². The van der Waals surface area contributed by atoms with Gasteiger partial charge in [0.05, 0.1) is 16.7 Å². The summed E-state index contributed by atoms with van der Waals surface area (Å²) in [6.45, 7) is 3.94. The van der Waals surface area contributed by atoms with Crippen LogP contribution in [0.3, 0.4) is 0 Å². The Hall–Kier alpha value is -1.49.